The molecular weight excluding hydrogens is 270 g/mol. The molecule has 16 heavy (non-hydrogen) atoms. The fraction of sp³-hybridized carbons (Fsp3) is 0.364. The Bertz CT molecular complexity index is 422. The third-order valence-corrected chi connectivity index (χ3v) is 2.76. The lowest BCUT2D eigenvalue weighted by Gasteiger charge is -2.14. The Morgan fingerprint density at radius 3 is 2.19 bits per heavy atom. The van der Waals surface area contributed by atoms with Crippen LogP contribution in [0, 0.1) is 13.8 Å². The molecule has 0 aliphatic carbocycles. The number of methoxy groups -OCH3 is 1. The van der Waals surface area contributed by atoms with Crippen LogP contribution in [0.2, 0.25) is 0 Å². The van der Waals surface area contributed by atoms with Crippen molar-refractivity contribution in [3.8, 4) is 5.75 Å². The van der Waals surface area contributed by atoms with Crippen molar-refractivity contribution in [2.75, 3.05) is 7.11 Å². The number of benzene rings is 1. The number of carbonyl (C=O) groups excluding carboxylic acids is 1. The zero-order valence-corrected chi connectivity index (χ0v) is 11.4. The average Bonchev–Trinajstić information content (AvgIpc) is 2.18. The predicted octanol–water partition coefficient (Wildman–Crippen LogP) is 3.86. The molecule has 0 saturated heterocycles. The number of carbonyl (C=O) groups is 1. The van der Waals surface area contributed by atoms with Gasteiger partial charge in [-0.15, -0.1) is 0 Å². The third kappa shape index (κ3) is 2.82. The van der Waals surface area contributed by atoms with Crippen molar-refractivity contribution in [1.82, 2.24) is 0 Å². The molecule has 0 amide bonds. The van der Waals surface area contributed by atoms with Crippen LogP contribution < -0.4 is 4.74 Å². The molecule has 0 spiro atoms. The summed E-state index contributed by atoms with van der Waals surface area (Å²) in [5.41, 5.74) is 1.95. The van der Waals surface area contributed by atoms with Crippen molar-refractivity contribution in [2.45, 2.75) is 17.6 Å². The van der Waals surface area contributed by atoms with E-state index in [1.54, 1.807) is 26.2 Å². The first-order valence-electron chi connectivity index (χ1n) is 4.54. The first kappa shape index (κ1) is 13.6. The van der Waals surface area contributed by atoms with E-state index in [0.717, 1.165) is 11.1 Å². The molecule has 0 heterocycles. The summed E-state index contributed by atoms with van der Waals surface area (Å²) in [5.74, 6) is 0.180. The van der Waals surface area contributed by atoms with Crippen molar-refractivity contribution < 1.29 is 9.53 Å². The van der Waals surface area contributed by atoms with Crippen LogP contribution in [0.4, 0.5) is 0 Å². The van der Waals surface area contributed by atoms with Gasteiger partial charge in [0.2, 0.25) is 5.78 Å². The highest BCUT2D eigenvalue weighted by molar-refractivity contribution is 6.77. The maximum absolute atomic E-state index is 11.8. The standard InChI is InChI=1S/C11H11Cl3O2/c1-6-5-9(16-3)7(2)4-8(6)10(15)11(12,13)14/h4-5H,1-3H3. The lowest BCUT2D eigenvalue weighted by atomic mass is 10.0. The van der Waals surface area contributed by atoms with E-state index in [-0.39, 0.29) is 0 Å². The molecule has 1 rings (SSSR count). The van der Waals surface area contributed by atoms with Gasteiger partial charge in [0.05, 0.1) is 7.11 Å². The number of ketones is 1. The Labute approximate surface area is 109 Å². The molecule has 0 bridgehead atoms. The van der Waals surface area contributed by atoms with Crippen LogP contribution >= 0.6 is 34.8 Å². The Hall–Kier alpha value is -0.440. The van der Waals surface area contributed by atoms with E-state index in [4.69, 9.17) is 39.5 Å². The van der Waals surface area contributed by atoms with E-state index in [2.05, 4.69) is 0 Å². The highest BCUT2D eigenvalue weighted by Crippen LogP contribution is 2.33. The van der Waals surface area contributed by atoms with Gasteiger partial charge in [0.1, 0.15) is 5.75 Å². The van der Waals surface area contributed by atoms with Gasteiger partial charge in [0.25, 0.3) is 3.79 Å². The zero-order valence-electron chi connectivity index (χ0n) is 9.11. The van der Waals surface area contributed by atoms with Crippen molar-refractivity contribution in [3.63, 3.8) is 0 Å². The van der Waals surface area contributed by atoms with E-state index < -0.39 is 9.58 Å². The monoisotopic (exact) mass is 280 g/mol. The van der Waals surface area contributed by atoms with Crippen molar-refractivity contribution in [3.05, 3.63) is 28.8 Å². The van der Waals surface area contributed by atoms with Crippen LogP contribution in [0.5, 0.6) is 5.75 Å². The molecule has 88 valence electrons. The fourth-order valence-corrected chi connectivity index (χ4v) is 1.71. The number of halogens is 3. The molecule has 0 saturated carbocycles. The zero-order chi connectivity index (χ0) is 12.5. The molecule has 2 nitrogen and oxygen atoms in total. The molecule has 0 aliphatic rings. The number of Topliss-reactive ketones (excluding diaryl/α,β-unsaturated/α-hetero) is 1. The Morgan fingerprint density at radius 2 is 1.75 bits per heavy atom. The Kier molecular flexibility index (Phi) is 4.11. The quantitative estimate of drug-likeness (QED) is 0.608. The molecule has 0 aliphatic heterocycles. The van der Waals surface area contributed by atoms with Gasteiger partial charge in [0, 0.05) is 5.56 Å². The van der Waals surface area contributed by atoms with Crippen molar-refractivity contribution >= 4 is 40.6 Å². The molecule has 0 fully saturated rings. The minimum atomic E-state index is -1.92. The highest BCUT2D eigenvalue weighted by atomic mass is 35.6. The van der Waals surface area contributed by atoms with E-state index >= 15 is 0 Å². The minimum absolute atomic E-state index is 0.401. The molecule has 0 atom stereocenters. The summed E-state index contributed by atoms with van der Waals surface area (Å²) in [5, 5.41) is 0. The predicted molar refractivity (Wildman–Crippen MR) is 67.1 cm³/mol. The van der Waals surface area contributed by atoms with E-state index in [1.807, 2.05) is 6.92 Å². The van der Waals surface area contributed by atoms with Crippen LogP contribution in [0.25, 0.3) is 0 Å². The molecule has 0 unspecified atom stereocenters. The van der Waals surface area contributed by atoms with Gasteiger partial charge >= 0.3 is 0 Å². The molecule has 1 aromatic rings. The second kappa shape index (κ2) is 4.82. The summed E-state index contributed by atoms with van der Waals surface area (Å²) < 4.78 is 3.21. The Balaban J connectivity index is 3.27. The van der Waals surface area contributed by atoms with Crippen LogP contribution in [-0.4, -0.2) is 16.7 Å². The summed E-state index contributed by atoms with van der Waals surface area (Å²) in [7, 11) is 1.57. The number of hydrogen-bond donors (Lipinski definition) is 0. The largest absolute Gasteiger partial charge is 0.496 e. The molecule has 1 aromatic carbocycles. The SMILES string of the molecule is COc1cc(C)c(C(=O)C(Cl)(Cl)Cl)cc1C. The lowest BCUT2D eigenvalue weighted by Crippen LogP contribution is -2.20. The summed E-state index contributed by atoms with van der Waals surface area (Å²) in [4.78, 5) is 11.8. The number of hydrogen-bond acceptors (Lipinski definition) is 2. The highest BCUT2D eigenvalue weighted by Gasteiger charge is 2.32. The number of aryl methyl sites for hydroxylation is 2. The molecule has 0 N–H and O–H groups in total. The molecule has 0 aromatic heterocycles. The van der Waals surface area contributed by atoms with Crippen LogP contribution in [0.1, 0.15) is 21.5 Å². The minimum Gasteiger partial charge on any atom is -0.496 e. The first-order valence-corrected chi connectivity index (χ1v) is 5.67. The number of alkyl halides is 3. The molecule has 0 radical (unpaired) electrons. The van der Waals surface area contributed by atoms with E-state index in [9.17, 15) is 4.79 Å². The topological polar surface area (TPSA) is 26.3 Å². The Morgan fingerprint density at radius 1 is 1.19 bits per heavy atom. The van der Waals surface area contributed by atoms with Crippen LogP contribution in [-0.2, 0) is 0 Å². The molecular formula is C11H11Cl3O2. The van der Waals surface area contributed by atoms with Crippen molar-refractivity contribution in [2.24, 2.45) is 0 Å². The maximum atomic E-state index is 11.8. The summed E-state index contributed by atoms with van der Waals surface area (Å²) in [6.45, 7) is 3.60. The van der Waals surface area contributed by atoms with Gasteiger partial charge in [-0.2, -0.15) is 0 Å². The summed E-state index contributed by atoms with van der Waals surface area (Å²) >= 11 is 16.7. The average molecular weight is 282 g/mol. The van der Waals surface area contributed by atoms with E-state index in [0.29, 0.717) is 11.3 Å². The van der Waals surface area contributed by atoms with E-state index in [1.165, 1.54) is 0 Å². The van der Waals surface area contributed by atoms with Gasteiger partial charge in [-0.25, -0.2) is 0 Å². The summed E-state index contributed by atoms with van der Waals surface area (Å²) in [6.07, 6.45) is 0. The first-order chi connectivity index (χ1) is 7.27. The maximum Gasteiger partial charge on any atom is 0.253 e. The van der Waals surface area contributed by atoms with Gasteiger partial charge in [-0.3, -0.25) is 4.79 Å². The van der Waals surface area contributed by atoms with Gasteiger partial charge in [0.15, 0.2) is 0 Å². The van der Waals surface area contributed by atoms with Gasteiger partial charge in [-0.1, -0.05) is 34.8 Å². The van der Waals surface area contributed by atoms with Crippen LogP contribution in [0.3, 0.4) is 0 Å². The second-order valence-electron chi connectivity index (χ2n) is 3.46. The molecule has 5 heteroatoms. The van der Waals surface area contributed by atoms with Gasteiger partial charge in [-0.05, 0) is 37.1 Å². The second-order valence-corrected chi connectivity index (χ2v) is 5.74. The smallest absolute Gasteiger partial charge is 0.253 e. The van der Waals surface area contributed by atoms with Crippen molar-refractivity contribution in [1.29, 1.82) is 0 Å². The normalized spacial score (nSPS) is 11.4. The number of ether oxygens (including phenoxy) is 1. The van der Waals surface area contributed by atoms with Crippen LogP contribution in [0.15, 0.2) is 12.1 Å². The third-order valence-electron chi connectivity index (χ3n) is 2.24. The fourth-order valence-electron chi connectivity index (χ4n) is 1.41. The number of rotatable bonds is 2. The summed E-state index contributed by atoms with van der Waals surface area (Å²) in [6, 6.07) is 3.41. The van der Waals surface area contributed by atoms with Gasteiger partial charge < -0.3 is 4.74 Å². The lowest BCUT2D eigenvalue weighted by molar-refractivity contribution is 0.0995.